The predicted molar refractivity (Wildman–Crippen MR) is 98.2 cm³/mol. The van der Waals surface area contributed by atoms with Crippen LogP contribution in [0.5, 0.6) is 0 Å². The lowest BCUT2D eigenvalue weighted by molar-refractivity contribution is -0.118. The van der Waals surface area contributed by atoms with Crippen LogP contribution < -0.4 is 10.2 Å². The van der Waals surface area contributed by atoms with Crippen molar-refractivity contribution in [2.24, 2.45) is 0 Å². The SMILES string of the molecule is Cc1c(Cl)cccc1NC(=O)c1ccc(N2CCN(C=O)CC2)cn1. The molecule has 1 aromatic heterocycles. The number of nitrogens with zero attached hydrogens (tertiary/aromatic N) is 3. The zero-order valence-electron chi connectivity index (χ0n) is 13.9. The minimum Gasteiger partial charge on any atom is -0.367 e. The number of hydrogen-bond acceptors (Lipinski definition) is 4. The molecule has 0 radical (unpaired) electrons. The van der Waals surface area contributed by atoms with Crippen LogP contribution in [0.3, 0.4) is 0 Å². The molecule has 2 heterocycles. The van der Waals surface area contributed by atoms with Crippen LogP contribution in [0.2, 0.25) is 5.02 Å². The van der Waals surface area contributed by atoms with Crippen molar-refractivity contribution in [3.05, 3.63) is 52.8 Å². The first-order valence-electron chi connectivity index (χ1n) is 8.05. The zero-order chi connectivity index (χ0) is 17.8. The van der Waals surface area contributed by atoms with Gasteiger partial charge in [0.2, 0.25) is 6.41 Å². The molecule has 7 heteroatoms. The van der Waals surface area contributed by atoms with Gasteiger partial charge in [0.25, 0.3) is 5.91 Å². The summed E-state index contributed by atoms with van der Waals surface area (Å²) < 4.78 is 0. The first kappa shape index (κ1) is 17.2. The molecule has 25 heavy (non-hydrogen) atoms. The molecule has 1 aromatic carbocycles. The number of rotatable bonds is 4. The van der Waals surface area contributed by atoms with Gasteiger partial charge < -0.3 is 15.1 Å². The van der Waals surface area contributed by atoms with Crippen LogP contribution in [0, 0.1) is 6.92 Å². The van der Waals surface area contributed by atoms with Crippen LogP contribution in [0.15, 0.2) is 36.5 Å². The maximum atomic E-state index is 12.4. The molecule has 0 saturated carbocycles. The van der Waals surface area contributed by atoms with Gasteiger partial charge in [-0.3, -0.25) is 9.59 Å². The van der Waals surface area contributed by atoms with Gasteiger partial charge in [-0.2, -0.15) is 0 Å². The molecule has 0 aliphatic carbocycles. The third kappa shape index (κ3) is 3.91. The van der Waals surface area contributed by atoms with Gasteiger partial charge in [-0.05, 0) is 36.8 Å². The highest BCUT2D eigenvalue weighted by molar-refractivity contribution is 6.31. The number of piperazine rings is 1. The third-order valence-electron chi connectivity index (χ3n) is 4.32. The van der Waals surface area contributed by atoms with Crippen molar-refractivity contribution in [3.8, 4) is 0 Å². The number of amides is 2. The summed E-state index contributed by atoms with van der Waals surface area (Å²) in [6.07, 6.45) is 2.57. The Morgan fingerprint density at radius 1 is 1.20 bits per heavy atom. The Morgan fingerprint density at radius 2 is 1.96 bits per heavy atom. The maximum absolute atomic E-state index is 12.4. The van der Waals surface area contributed by atoms with Crippen molar-refractivity contribution in [2.75, 3.05) is 36.4 Å². The number of carbonyl (C=O) groups is 2. The number of benzene rings is 1. The van der Waals surface area contributed by atoms with Crippen LogP contribution in [-0.4, -0.2) is 48.4 Å². The highest BCUT2D eigenvalue weighted by Gasteiger charge is 2.17. The molecule has 1 fully saturated rings. The van der Waals surface area contributed by atoms with E-state index in [9.17, 15) is 9.59 Å². The summed E-state index contributed by atoms with van der Waals surface area (Å²) in [5.41, 5.74) is 2.78. The Labute approximate surface area is 151 Å². The molecule has 2 amide bonds. The molecule has 1 saturated heterocycles. The Kier molecular flexibility index (Phi) is 5.19. The lowest BCUT2D eigenvalue weighted by atomic mass is 10.2. The molecule has 0 spiro atoms. The van der Waals surface area contributed by atoms with E-state index in [1.165, 1.54) is 0 Å². The van der Waals surface area contributed by atoms with E-state index >= 15 is 0 Å². The first-order chi connectivity index (χ1) is 12.1. The van der Waals surface area contributed by atoms with Gasteiger partial charge in [-0.25, -0.2) is 4.98 Å². The molecule has 3 rings (SSSR count). The number of carbonyl (C=O) groups excluding carboxylic acids is 2. The summed E-state index contributed by atoms with van der Waals surface area (Å²) in [7, 11) is 0. The van der Waals surface area contributed by atoms with Crippen molar-refractivity contribution in [1.29, 1.82) is 0 Å². The fourth-order valence-electron chi connectivity index (χ4n) is 2.72. The standard InChI is InChI=1S/C18H19ClN4O2/c1-13-15(19)3-2-4-16(13)21-18(25)17-6-5-14(11-20-17)23-9-7-22(12-24)8-10-23/h2-6,11-12H,7-10H2,1H3,(H,21,25). The number of hydrogen-bond donors (Lipinski definition) is 1. The molecule has 0 bridgehead atoms. The predicted octanol–water partition coefficient (Wildman–Crippen LogP) is 2.57. The van der Waals surface area contributed by atoms with Gasteiger partial charge in [-0.15, -0.1) is 0 Å². The van der Waals surface area contributed by atoms with Crippen molar-refractivity contribution in [3.63, 3.8) is 0 Å². The second-order valence-corrected chi connectivity index (χ2v) is 6.30. The Hall–Kier alpha value is -2.60. The largest absolute Gasteiger partial charge is 0.367 e. The summed E-state index contributed by atoms with van der Waals surface area (Å²) in [6.45, 7) is 4.76. The van der Waals surface area contributed by atoms with Crippen LogP contribution >= 0.6 is 11.6 Å². The topological polar surface area (TPSA) is 65.5 Å². The molecule has 1 aliphatic rings. The van der Waals surface area contributed by atoms with Crippen molar-refractivity contribution < 1.29 is 9.59 Å². The summed E-state index contributed by atoms with van der Waals surface area (Å²) >= 11 is 6.07. The lowest BCUT2D eigenvalue weighted by Gasteiger charge is -2.33. The Balaban J connectivity index is 1.67. The summed E-state index contributed by atoms with van der Waals surface area (Å²) in [5.74, 6) is -0.275. The van der Waals surface area contributed by atoms with Crippen LogP contribution in [0.25, 0.3) is 0 Å². The van der Waals surface area contributed by atoms with Crippen LogP contribution in [0.1, 0.15) is 16.1 Å². The second-order valence-electron chi connectivity index (χ2n) is 5.90. The Bertz CT molecular complexity index is 771. The maximum Gasteiger partial charge on any atom is 0.274 e. The quantitative estimate of drug-likeness (QED) is 0.853. The summed E-state index contributed by atoms with van der Waals surface area (Å²) in [4.78, 5) is 31.3. The number of anilines is 2. The van der Waals surface area contributed by atoms with E-state index in [1.54, 1.807) is 35.4 Å². The molecular formula is C18H19ClN4O2. The van der Waals surface area contributed by atoms with Crippen LogP contribution in [-0.2, 0) is 4.79 Å². The average molecular weight is 359 g/mol. The molecule has 6 nitrogen and oxygen atoms in total. The van der Waals surface area contributed by atoms with Gasteiger partial charge in [0, 0.05) is 36.9 Å². The van der Waals surface area contributed by atoms with Gasteiger partial charge in [0.1, 0.15) is 5.69 Å². The molecule has 2 aromatic rings. The van der Waals surface area contributed by atoms with E-state index in [1.807, 2.05) is 13.0 Å². The number of aromatic nitrogens is 1. The molecule has 1 aliphatic heterocycles. The van der Waals surface area contributed by atoms with E-state index < -0.39 is 0 Å². The zero-order valence-corrected chi connectivity index (χ0v) is 14.7. The summed E-state index contributed by atoms with van der Waals surface area (Å²) in [6, 6.07) is 8.96. The monoisotopic (exact) mass is 358 g/mol. The van der Waals surface area contributed by atoms with Gasteiger partial charge in [0.05, 0.1) is 11.9 Å². The molecule has 0 unspecified atom stereocenters. The molecule has 1 N–H and O–H groups in total. The van der Waals surface area contributed by atoms with E-state index in [0.29, 0.717) is 29.5 Å². The van der Waals surface area contributed by atoms with Crippen LogP contribution in [0.4, 0.5) is 11.4 Å². The first-order valence-corrected chi connectivity index (χ1v) is 8.43. The normalized spacial score (nSPS) is 14.3. The van der Waals surface area contributed by atoms with E-state index in [0.717, 1.165) is 30.8 Å². The third-order valence-corrected chi connectivity index (χ3v) is 4.73. The van der Waals surface area contributed by atoms with Gasteiger partial charge in [-0.1, -0.05) is 17.7 Å². The minimum atomic E-state index is -0.275. The number of pyridine rings is 1. The second kappa shape index (κ2) is 7.53. The van der Waals surface area contributed by atoms with Crippen molar-refractivity contribution >= 4 is 35.3 Å². The number of nitrogens with one attached hydrogen (secondary N) is 1. The Morgan fingerprint density at radius 3 is 2.60 bits per heavy atom. The fourth-order valence-corrected chi connectivity index (χ4v) is 2.90. The summed E-state index contributed by atoms with van der Waals surface area (Å²) in [5, 5.41) is 3.44. The van der Waals surface area contributed by atoms with E-state index in [2.05, 4.69) is 15.2 Å². The fraction of sp³-hybridized carbons (Fsp3) is 0.278. The molecule has 130 valence electrons. The van der Waals surface area contributed by atoms with Gasteiger partial charge in [0.15, 0.2) is 0 Å². The molecular weight excluding hydrogens is 340 g/mol. The lowest BCUT2D eigenvalue weighted by Crippen LogP contribution is -2.45. The number of halogens is 1. The highest BCUT2D eigenvalue weighted by Crippen LogP contribution is 2.23. The van der Waals surface area contributed by atoms with Crippen molar-refractivity contribution in [2.45, 2.75) is 6.92 Å². The van der Waals surface area contributed by atoms with E-state index in [-0.39, 0.29) is 5.91 Å². The highest BCUT2D eigenvalue weighted by atomic mass is 35.5. The molecule has 0 atom stereocenters. The van der Waals surface area contributed by atoms with Gasteiger partial charge >= 0.3 is 0 Å². The van der Waals surface area contributed by atoms with E-state index in [4.69, 9.17) is 11.6 Å². The van der Waals surface area contributed by atoms with Crippen molar-refractivity contribution in [1.82, 2.24) is 9.88 Å². The smallest absolute Gasteiger partial charge is 0.274 e. The average Bonchev–Trinajstić information content (AvgIpc) is 2.65. The minimum absolute atomic E-state index is 0.275.